The van der Waals surface area contributed by atoms with Crippen molar-refractivity contribution in [3.63, 3.8) is 0 Å². The lowest BCUT2D eigenvalue weighted by atomic mass is 9.99. The average molecular weight is 193 g/mol. The molecule has 1 aromatic carbocycles. The highest BCUT2D eigenvalue weighted by Gasteiger charge is 2.14. The quantitative estimate of drug-likeness (QED) is 0.769. The van der Waals surface area contributed by atoms with Crippen LogP contribution in [0.3, 0.4) is 0 Å². The van der Waals surface area contributed by atoms with E-state index in [2.05, 4.69) is 25.2 Å². The summed E-state index contributed by atoms with van der Waals surface area (Å²) in [7, 11) is 1.86. The maximum atomic E-state index is 9.94. The SMILES string of the molecule is CN[C@H](C)[C@@H](O)c1ccc(C)c(C)c1. The Morgan fingerprint density at radius 3 is 2.36 bits per heavy atom. The van der Waals surface area contributed by atoms with Gasteiger partial charge in [0.1, 0.15) is 0 Å². The molecule has 0 spiro atoms. The second-order valence-corrected chi connectivity index (χ2v) is 3.87. The Morgan fingerprint density at radius 2 is 1.86 bits per heavy atom. The van der Waals surface area contributed by atoms with Gasteiger partial charge in [0, 0.05) is 6.04 Å². The van der Waals surface area contributed by atoms with Crippen LogP contribution in [-0.4, -0.2) is 18.2 Å². The number of hydrogen-bond acceptors (Lipinski definition) is 2. The monoisotopic (exact) mass is 193 g/mol. The van der Waals surface area contributed by atoms with Crippen LogP contribution in [-0.2, 0) is 0 Å². The molecule has 2 atom stereocenters. The van der Waals surface area contributed by atoms with Crippen LogP contribution in [0.15, 0.2) is 18.2 Å². The number of likely N-dealkylation sites (N-methyl/N-ethyl adjacent to an activating group) is 1. The molecule has 0 amide bonds. The fourth-order valence-corrected chi connectivity index (χ4v) is 1.40. The third-order valence-corrected chi connectivity index (χ3v) is 2.80. The zero-order valence-corrected chi connectivity index (χ0v) is 9.33. The molecule has 0 saturated heterocycles. The first-order chi connectivity index (χ1) is 6.56. The lowest BCUT2D eigenvalue weighted by Gasteiger charge is -2.19. The van der Waals surface area contributed by atoms with Gasteiger partial charge in [0.25, 0.3) is 0 Å². The van der Waals surface area contributed by atoms with Crippen molar-refractivity contribution in [3.05, 3.63) is 34.9 Å². The van der Waals surface area contributed by atoms with Gasteiger partial charge in [-0.25, -0.2) is 0 Å². The van der Waals surface area contributed by atoms with Gasteiger partial charge in [0.15, 0.2) is 0 Å². The number of benzene rings is 1. The van der Waals surface area contributed by atoms with Crippen LogP contribution in [0.5, 0.6) is 0 Å². The Bertz CT molecular complexity index is 309. The van der Waals surface area contributed by atoms with Gasteiger partial charge in [-0.2, -0.15) is 0 Å². The molecule has 2 heteroatoms. The van der Waals surface area contributed by atoms with Gasteiger partial charge in [-0.05, 0) is 44.5 Å². The molecular weight excluding hydrogens is 174 g/mol. The maximum absolute atomic E-state index is 9.94. The third-order valence-electron chi connectivity index (χ3n) is 2.80. The van der Waals surface area contributed by atoms with E-state index in [9.17, 15) is 5.11 Å². The second-order valence-electron chi connectivity index (χ2n) is 3.87. The van der Waals surface area contributed by atoms with E-state index in [1.165, 1.54) is 11.1 Å². The Hall–Kier alpha value is -0.860. The van der Waals surface area contributed by atoms with E-state index in [0.29, 0.717) is 0 Å². The summed E-state index contributed by atoms with van der Waals surface area (Å²) in [5.41, 5.74) is 3.47. The number of rotatable bonds is 3. The first-order valence-corrected chi connectivity index (χ1v) is 4.98. The minimum Gasteiger partial charge on any atom is -0.387 e. The molecule has 0 aliphatic heterocycles. The molecule has 2 N–H and O–H groups in total. The van der Waals surface area contributed by atoms with E-state index in [1.807, 2.05) is 26.1 Å². The van der Waals surface area contributed by atoms with Gasteiger partial charge >= 0.3 is 0 Å². The van der Waals surface area contributed by atoms with E-state index in [4.69, 9.17) is 0 Å². The standard InChI is InChI=1S/C12H19NO/c1-8-5-6-11(7-9(8)2)12(14)10(3)13-4/h5-7,10,12-14H,1-4H3/t10-,12-/m1/s1. The molecule has 0 aliphatic rings. The van der Waals surface area contributed by atoms with E-state index >= 15 is 0 Å². The van der Waals surface area contributed by atoms with Crippen LogP contribution in [0, 0.1) is 13.8 Å². The van der Waals surface area contributed by atoms with Crippen LogP contribution in [0.4, 0.5) is 0 Å². The fraction of sp³-hybridized carbons (Fsp3) is 0.500. The Labute approximate surface area is 86.0 Å². The zero-order chi connectivity index (χ0) is 10.7. The summed E-state index contributed by atoms with van der Waals surface area (Å²) in [6, 6.07) is 6.17. The van der Waals surface area contributed by atoms with Gasteiger partial charge in [0.2, 0.25) is 0 Å². The van der Waals surface area contributed by atoms with Crippen LogP contribution in [0.2, 0.25) is 0 Å². The van der Waals surface area contributed by atoms with Crippen LogP contribution in [0.1, 0.15) is 29.7 Å². The van der Waals surface area contributed by atoms with Crippen molar-refractivity contribution >= 4 is 0 Å². The molecule has 0 heterocycles. The molecule has 0 saturated carbocycles. The first kappa shape index (κ1) is 11.2. The Morgan fingerprint density at radius 1 is 1.21 bits per heavy atom. The second kappa shape index (κ2) is 4.58. The molecule has 2 nitrogen and oxygen atoms in total. The predicted molar refractivity (Wildman–Crippen MR) is 59.4 cm³/mol. The molecule has 1 rings (SSSR count). The average Bonchev–Trinajstić information content (AvgIpc) is 2.20. The highest BCUT2D eigenvalue weighted by atomic mass is 16.3. The van der Waals surface area contributed by atoms with Crippen LogP contribution in [0.25, 0.3) is 0 Å². The van der Waals surface area contributed by atoms with Crippen LogP contribution < -0.4 is 5.32 Å². The van der Waals surface area contributed by atoms with Crippen molar-refractivity contribution in [2.45, 2.75) is 32.9 Å². The van der Waals surface area contributed by atoms with Crippen molar-refractivity contribution in [1.82, 2.24) is 5.32 Å². The summed E-state index contributed by atoms with van der Waals surface area (Å²) in [5.74, 6) is 0. The normalized spacial score (nSPS) is 15.2. The molecule has 0 fully saturated rings. The summed E-state index contributed by atoms with van der Waals surface area (Å²) in [6.07, 6.45) is -0.431. The molecule has 0 unspecified atom stereocenters. The van der Waals surface area contributed by atoms with Gasteiger partial charge in [-0.1, -0.05) is 18.2 Å². The third kappa shape index (κ3) is 2.34. The number of aliphatic hydroxyl groups is 1. The highest BCUT2D eigenvalue weighted by Crippen LogP contribution is 2.19. The van der Waals surface area contributed by atoms with Gasteiger partial charge in [-0.15, -0.1) is 0 Å². The van der Waals surface area contributed by atoms with Crippen molar-refractivity contribution < 1.29 is 5.11 Å². The summed E-state index contributed by atoms with van der Waals surface area (Å²) in [6.45, 7) is 6.11. The topological polar surface area (TPSA) is 32.3 Å². The van der Waals surface area contributed by atoms with Gasteiger partial charge in [0.05, 0.1) is 6.10 Å². The van der Waals surface area contributed by atoms with Gasteiger partial charge < -0.3 is 10.4 Å². The number of aliphatic hydroxyl groups excluding tert-OH is 1. The number of nitrogens with one attached hydrogen (secondary N) is 1. The Kier molecular flexibility index (Phi) is 3.67. The minimum absolute atomic E-state index is 0.0807. The molecule has 1 aromatic rings. The van der Waals surface area contributed by atoms with Crippen molar-refractivity contribution in [2.75, 3.05) is 7.05 Å². The van der Waals surface area contributed by atoms with Crippen LogP contribution >= 0.6 is 0 Å². The van der Waals surface area contributed by atoms with E-state index in [-0.39, 0.29) is 6.04 Å². The van der Waals surface area contributed by atoms with E-state index in [0.717, 1.165) is 5.56 Å². The fourth-order valence-electron chi connectivity index (χ4n) is 1.40. The smallest absolute Gasteiger partial charge is 0.0940 e. The molecule has 78 valence electrons. The summed E-state index contributed by atoms with van der Waals surface area (Å²) >= 11 is 0. The van der Waals surface area contributed by atoms with Gasteiger partial charge in [-0.3, -0.25) is 0 Å². The lowest BCUT2D eigenvalue weighted by molar-refractivity contribution is 0.140. The highest BCUT2D eigenvalue weighted by molar-refractivity contribution is 5.31. The minimum atomic E-state index is -0.431. The van der Waals surface area contributed by atoms with E-state index in [1.54, 1.807) is 0 Å². The largest absolute Gasteiger partial charge is 0.387 e. The van der Waals surface area contributed by atoms with E-state index < -0.39 is 6.10 Å². The van der Waals surface area contributed by atoms with Crippen molar-refractivity contribution in [2.24, 2.45) is 0 Å². The number of hydrogen-bond donors (Lipinski definition) is 2. The lowest BCUT2D eigenvalue weighted by Crippen LogP contribution is -2.28. The molecule has 0 aromatic heterocycles. The molecule has 0 radical (unpaired) electrons. The predicted octanol–water partition coefficient (Wildman–Crippen LogP) is 1.94. The summed E-state index contributed by atoms with van der Waals surface area (Å²) in [4.78, 5) is 0. The molecule has 0 bridgehead atoms. The Balaban J connectivity index is 2.91. The van der Waals surface area contributed by atoms with Crippen molar-refractivity contribution in [1.29, 1.82) is 0 Å². The number of aryl methyl sites for hydroxylation is 2. The molecule has 0 aliphatic carbocycles. The summed E-state index contributed by atoms with van der Waals surface area (Å²) in [5, 5.41) is 13.0. The zero-order valence-electron chi connectivity index (χ0n) is 9.33. The molecular formula is C12H19NO. The first-order valence-electron chi connectivity index (χ1n) is 4.98. The molecule has 14 heavy (non-hydrogen) atoms. The summed E-state index contributed by atoms with van der Waals surface area (Å²) < 4.78 is 0. The maximum Gasteiger partial charge on any atom is 0.0940 e. The van der Waals surface area contributed by atoms with Crippen molar-refractivity contribution in [3.8, 4) is 0 Å².